The second-order valence-corrected chi connectivity index (χ2v) is 10.8. The number of hydrogen-bond donors (Lipinski definition) is 3. The smallest absolute Gasteiger partial charge is 0.317 e. The molecule has 1 aliphatic heterocycles. The maximum atomic E-state index is 13.2. The highest BCUT2D eigenvalue weighted by atomic mass is 35.5. The average Bonchev–Trinajstić information content (AvgIpc) is 2.81. The number of ether oxygens (including phenoxy) is 2. The predicted octanol–water partition coefficient (Wildman–Crippen LogP) is 4.16. The van der Waals surface area contributed by atoms with Crippen molar-refractivity contribution in [3.05, 3.63) is 34.9 Å². The van der Waals surface area contributed by atoms with E-state index in [0.29, 0.717) is 44.3 Å². The Morgan fingerprint density at radius 3 is 2.74 bits per heavy atom. The van der Waals surface area contributed by atoms with Crippen LogP contribution in [0.15, 0.2) is 24.3 Å². The molecule has 8 heteroatoms. The number of hydrogen-bond acceptors (Lipinski definition) is 5. The minimum absolute atomic E-state index is 0.0886. The van der Waals surface area contributed by atoms with Crippen LogP contribution in [-0.2, 0) is 15.1 Å². The SMILES string of the molecule is COCCCCC(O)(c1cccc(Cl)c1)C1CCCN(C(=O)NC(CN)CC(C)(C)COC)C1. The maximum absolute atomic E-state index is 13.2. The van der Waals surface area contributed by atoms with E-state index in [1.54, 1.807) is 14.2 Å². The number of methoxy groups -OCH3 is 2. The Bertz CT molecular complexity index is 763. The normalized spacial score (nSPS) is 19.5. The number of nitrogens with two attached hydrogens (primary N) is 1. The number of nitrogens with one attached hydrogen (secondary N) is 1. The molecule has 3 unspecified atom stereocenters. The molecule has 1 heterocycles. The van der Waals surface area contributed by atoms with Crippen molar-refractivity contribution >= 4 is 17.6 Å². The number of piperidine rings is 1. The number of aliphatic hydroxyl groups is 1. The molecule has 1 aromatic rings. The molecule has 1 aromatic carbocycles. The van der Waals surface area contributed by atoms with E-state index in [2.05, 4.69) is 19.2 Å². The molecular weight excluding hydrogens is 454 g/mol. The molecule has 194 valence electrons. The Morgan fingerprint density at radius 2 is 2.09 bits per heavy atom. The number of likely N-dealkylation sites (tertiary alicyclic amines) is 1. The summed E-state index contributed by atoms with van der Waals surface area (Å²) in [7, 11) is 3.37. The van der Waals surface area contributed by atoms with E-state index in [9.17, 15) is 9.90 Å². The molecule has 0 bridgehead atoms. The first kappa shape index (κ1) is 28.9. The zero-order valence-corrected chi connectivity index (χ0v) is 22.1. The third-order valence-electron chi connectivity index (χ3n) is 6.81. The van der Waals surface area contributed by atoms with Crippen molar-refractivity contribution in [3.63, 3.8) is 0 Å². The molecule has 0 radical (unpaired) electrons. The Hall–Kier alpha value is -1.38. The first-order valence-corrected chi connectivity index (χ1v) is 12.7. The van der Waals surface area contributed by atoms with E-state index in [4.69, 9.17) is 26.8 Å². The van der Waals surface area contributed by atoms with E-state index in [-0.39, 0.29) is 23.4 Å². The fourth-order valence-corrected chi connectivity index (χ4v) is 5.30. The molecule has 2 amide bonds. The van der Waals surface area contributed by atoms with Gasteiger partial charge in [-0.25, -0.2) is 4.79 Å². The third-order valence-corrected chi connectivity index (χ3v) is 7.05. The Labute approximate surface area is 210 Å². The minimum atomic E-state index is -1.06. The van der Waals surface area contributed by atoms with Crippen molar-refractivity contribution in [3.8, 4) is 0 Å². The van der Waals surface area contributed by atoms with E-state index >= 15 is 0 Å². The molecule has 7 nitrogen and oxygen atoms in total. The molecule has 2 rings (SSSR count). The van der Waals surface area contributed by atoms with Crippen LogP contribution in [0, 0.1) is 11.3 Å². The molecule has 1 fully saturated rings. The maximum Gasteiger partial charge on any atom is 0.317 e. The van der Waals surface area contributed by atoms with Gasteiger partial charge in [0.1, 0.15) is 0 Å². The van der Waals surface area contributed by atoms with Crippen molar-refractivity contribution in [1.29, 1.82) is 0 Å². The topological polar surface area (TPSA) is 97.1 Å². The predicted molar refractivity (Wildman–Crippen MR) is 137 cm³/mol. The van der Waals surface area contributed by atoms with Gasteiger partial charge >= 0.3 is 6.03 Å². The van der Waals surface area contributed by atoms with Crippen molar-refractivity contribution in [1.82, 2.24) is 10.2 Å². The summed E-state index contributed by atoms with van der Waals surface area (Å²) < 4.78 is 10.5. The van der Waals surface area contributed by atoms with Crippen molar-refractivity contribution in [2.45, 2.75) is 64.0 Å². The summed E-state index contributed by atoms with van der Waals surface area (Å²) in [6, 6.07) is 7.20. The van der Waals surface area contributed by atoms with E-state index < -0.39 is 5.60 Å². The summed E-state index contributed by atoms with van der Waals surface area (Å²) >= 11 is 6.27. The number of benzene rings is 1. The quantitative estimate of drug-likeness (QED) is 0.355. The minimum Gasteiger partial charge on any atom is -0.385 e. The Morgan fingerprint density at radius 1 is 1.32 bits per heavy atom. The fourth-order valence-electron chi connectivity index (χ4n) is 5.11. The lowest BCUT2D eigenvalue weighted by Crippen LogP contribution is -2.54. The summed E-state index contributed by atoms with van der Waals surface area (Å²) in [5.41, 5.74) is 5.64. The lowest BCUT2D eigenvalue weighted by Gasteiger charge is -2.43. The van der Waals surface area contributed by atoms with Gasteiger partial charge in [-0.2, -0.15) is 0 Å². The van der Waals surface area contributed by atoms with Gasteiger partial charge in [-0.3, -0.25) is 0 Å². The van der Waals surface area contributed by atoms with Crippen LogP contribution >= 0.6 is 11.6 Å². The second-order valence-electron chi connectivity index (χ2n) is 10.4. The lowest BCUT2D eigenvalue weighted by molar-refractivity contribution is -0.0564. The summed E-state index contributed by atoms with van der Waals surface area (Å²) in [6.07, 6.45) is 4.69. The molecule has 4 N–H and O–H groups in total. The monoisotopic (exact) mass is 497 g/mol. The molecule has 1 aliphatic rings. The van der Waals surface area contributed by atoms with Crippen molar-refractivity contribution in [2.24, 2.45) is 17.1 Å². The Kier molecular flexibility index (Phi) is 11.6. The number of amides is 2. The van der Waals surface area contributed by atoms with Gasteiger partial charge in [0.25, 0.3) is 0 Å². The van der Waals surface area contributed by atoms with Gasteiger partial charge < -0.3 is 30.5 Å². The van der Waals surface area contributed by atoms with Crippen LogP contribution in [0.1, 0.15) is 57.9 Å². The first-order valence-electron chi connectivity index (χ1n) is 12.4. The van der Waals surface area contributed by atoms with Gasteiger partial charge in [0.2, 0.25) is 0 Å². The fraction of sp³-hybridized carbons (Fsp3) is 0.731. The molecule has 0 aromatic heterocycles. The highest BCUT2D eigenvalue weighted by molar-refractivity contribution is 6.30. The summed E-state index contributed by atoms with van der Waals surface area (Å²) in [4.78, 5) is 15.0. The van der Waals surface area contributed by atoms with Crippen LogP contribution in [0.3, 0.4) is 0 Å². The highest BCUT2D eigenvalue weighted by Crippen LogP contribution is 2.40. The number of carbonyl (C=O) groups excluding carboxylic acids is 1. The van der Waals surface area contributed by atoms with E-state index in [1.165, 1.54) is 0 Å². The number of halogens is 1. The van der Waals surface area contributed by atoms with E-state index in [1.807, 2.05) is 29.2 Å². The summed E-state index contributed by atoms with van der Waals surface area (Å²) in [5, 5.41) is 15.7. The number of unbranched alkanes of at least 4 members (excludes halogenated alkanes) is 1. The van der Waals surface area contributed by atoms with E-state index in [0.717, 1.165) is 37.7 Å². The van der Waals surface area contributed by atoms with Crippen molar-refractivity contribution < 1.29 is 19.4 Å². The number of rotatable bonds is 13. The molecule has 0 saturated carbocycles. The first-order chi connectivity index (χ1) is 16.1. The summed E-state index contributed by atoms with van der Waals surface area (Å²) in [6.45, 7) is 6.98. The zero-order valence-electron chi connectivity index (χ0n) is 21.3. The van der Waals surface area contributed by atoms with Gasteiger partial charge in [-0.1, -0.05) is 37.6 Å². The summed E-state index contributed by atoms with van der Waals surface area (Å²) in [5.74, 6) is -0.0886. The van der Waals surface area contributed by atoms with Gasteiger partial charge in [0.05, 0.1) is 12.2 Å². The Balaban J connectivity index is 2.13. The average molecular weight is 498 g/mol. The van der Waals surface area contributed by atoms with Gasteiger partial charge in [0.15, 0.2) is 0 Å². The highest BCUT2D eigenvalue weighted by Gasteiger charge is 2.41. The van der Waals surface area contributed by atoms with Crippen molar-refractivity contribution in [2.75, 3.05) is 47.1 Å². The van der Waals surface area contributed by atoms with Crippen LogP contribution in [0.4, 0.5) is 4.79 Å². The molecule has 1 saturated heterocycles. The van der Waals surface area contributed by atoms with Crippen LogP contribution in [-0.4, -0.2) is 69.1 Å². The van der Waals surface area contributed by atoms with Crippen LogP contribution in [0.2, 0.25) is 5.02 Å². The second kappa shape index (κ2) is 13.6. The standard InChI is InChI=1S/C26H44ClN3O4/c1-25(2,19-34-4)16-23(17-28)29-24(31)30-13-8-10-21(18-30)26(32,12-5-6-14-33-3)20-9-7-11-22(27)15-20/h7,9,11,15,21,23,32H,5-6,8,10,12-14,16-19,28H2,1-4H3,(H,29,31). The zero-order chi connectivity index (χ0) is 25.2. The molecule has 0 aliphatic carbocycles. The molecule has 0 spiro atoms. The lowest BCUT2D eigenvalue weighted by atomic mass is 9.74. The number of urea groups is 1. The number of carbonyl (C=O) groups is 1. The van der Waals surface area contributed by atoms with Gasteiger partial charge in [-0.15, -0.1) is 0 Å². The largest absolute Gasteiger partial charge is 0.385 e. The van der Waals surface area contributed by atoms with Gasteiger partial charge in [0, 0.05) is 57.4 Å². The molecule has 3 atom stereocenters. The number of nitrogens with zero attached hydrogens (tertiary/aromatic N) is 1. The molecule has 34 heavy (non-hydrogen) atoms. The van der Waals surface area contributed by atoms with Crippen LogP contribution in [0.25, 0.3) is 0 Å². The van der Waals surface area contributed by atoms with Crippen LogP contribution in [0.5, 0.6) is 0 Å². The third kappa shape index (κ3) is 8.38. The van der Waals surface area contributed by atoms with Crippen LogP contribution < -0.4 is 11.1 Å². The van der Waals surface area contributed by atoms with Gasteiger partial charge in [-0.05, 0) is 61.6 Å². The molecular formula is C26H44ClN3O4.